The number of hydrogen-bond donors (Lipinski definition) is 1. The smallest absolute Gasteiger partial charge is 0.433 e. The molecule has 162 valence electrons. The molecule has 0 saturated heterocycles. The van der Waals surface area contributed by atoms with Crippen LogP contribution in [0.15, 0.2) is 53.7 Å². The number of thioether (sulfide) groups is 1. The van der Waals surface area contributed by atoms with E-state index in [-0.39, 0.29) is 22.2 Å². The van der Waals surface area contributed by atoms with Crippen LogP contribution < -0.4 is 9.47 Å². The molecule has 1 heterocycles. The lowest BCUT2D eigenvalue weighted by Crippen LogP contribution is -2.10. The van der Waals surface area contributed by atoms with Crippen molar-refractivity contribution in [2.75, 3.05) is 14.2 Å². The summed E-state index contributed by atoms with van der Waals surface area (Å²) in [5.41, 5.74) is 0.296. The molecule has 0 aliphatic rings. The maximum Gasteiger partial charge on any atom is 0.433 e. The highest BCUT2D eigenvalue weighted by molar-refractivity contribution is 7.98. The summed E-state index contributed by atoms with van der Waals surface area (Å²) in [6.45, 7) is 0. The Morgan fingerprint density at radius 3 is 2.26 bits per heavy atom. The lowest BCUT2D eigenvalue weighted by atomic mass is 10.1. The summed E-state index contributed by atoms with van der Waals surface area (Å²) in [4.78, 5) is 18.8. The lowest BCUT2D eigenvalue weighted by molar-refractivity contribution is -0.141. The number of carbonyl (C=O) groups is 1. The van der Waals surface area contributed by atoms with E-state index in [9.17, 15) is 18.0 Å². The molecule has 31 heavy (non-hydrogen) atoms. The quantitative estimate of drug-likeness (QED) is 0.393. The van der Waals surface area contributed by atoms with Crippen LogP contribution in [0.5, 0.6) is 11.5 Å². The molecule has 0 saturated carbocycles. The number of rotatable bonds is 7. The summed E-state index contributed by atoms with van der Waals surface area (Å²) >= 11 is 1.02. The van der Waals surface area contributed by atoms with E-state index in [0.29, 0.717) is 17.1 Å². The van der Waals surface area contributed by atoms with Crippen LogP contribution in [0, 0.1) is 0 Å². The summed E-state index contributed by atoms with van der Waals surface area (Å²) in [5.74, 6) is 0.0164. The minimum Gasteiger partial charge on any atom is -0.493 e. The van der Waals surface area contributed by atoms with Gasteiger partial charge in [-0.25, -0.2) is 14.8 Å². The van der Waals surface area contributed by atoms with E-state index in [4.69, 9.17) is 14.6 Å². The molecule has 10 heteroatoms. The molecule has 0 fully saturated rings. The number of aromatic nitrogens is 2. The van der Waals surface area contributed by atoms with Crippen LogP contribution in [-0.2, 0) is 11.9 Å². The first-order valence-electron chi connectivity index (χ1n) is 8.85. The summed E-state index contributed by atoms with van der Waals surface area (Å²) < 4.78 is 50.6. The van der Waals surface area contributed by atoms with Gasteiger partial charge in [-0.05, 0) is 42.0 Å². The van der Waals surface area contributed by atoms with Crippen LogP contribution in [0.4, 0.5) is 13.2 Å². The van der Waals surface area contributed by atoms with E-state index < -0.39 is 17.8 Å². The summed E-state index contributed by atoms with van der Waals surface area (Å²) in [5, 5.41) is 8.90. The summed E-state index contributed by atoms with van der Waals surface area (Å²) in [6, 6.07) is 11.6. The molecule has 0 unspecified atom stereocenters. The lowest BCUT2D eigenvalue weighted by Gasteiger charge is -2.12. The van der Waals surface area contributed by atoms with Crippen molar-refractivity contribution in [3.8, 4) is 22.8 Å². The molecule has 0 amide bonds. The Hall–Kier alpha value is -3.27. The fraction of sp³-hybridized carbons (Fsp3) is 0.190. The number of hydrogen-bond acceptors (Lipinski definition) is 6. The van der Waals surface area contributed by atoms with Crippen LogP contribution in [0.1, 0.15) is 21.6 Å². The number of aromatic carboxylic acids is 1. The maximum absolute atomic E-state index is 13.4. The first-order chi connectivity index (χ1) is 14.7. The third-order valence-electron chi connectivity index (χ3n) is 4.24. The zero-order chi connectivity index (χ0) is 22.6. The number of nitrogens with zero attached hydrogens (tertiary/aromatic N) is 2. The number of methoxy groups -OCH3 is 2. The van der Waals surface area contributed by atoms with Crippen molar-refractivity contribution in [3.05, 3.63) is 65.4 Å². The van der Waals surface area contributed by atoms with Gasteiger partial charge in [-0.1, -0.05) is 23.9 Å². The molecule has 0 bridgehead atoms. The topological polar surface area (TPSA) is 81.5 Å². The second-order valence-electron chi connectivity index (χ2n) is 6.28. The monoisotopic (exact) mass is 450 g/mol. The van der Waals surface area contributed by atoms with Crippen molar-refractivity contribution >= 4 is 17.7 Å². The Balaban J connectivity index is 1.93. The van der Waals surface area contributed by atoms with Crippen LogP contribution in [0.2, 0.25) is 0 Å². The minimum atomic E-state index is -4.65. The van der Waals surface area contributed by atoms with Gasteiger partial charge >= 0.3 is 12.1 Å². The minimum absolute atomic E-state index is 0.0538. The highest BCUT2D eigenvalue weighted by Crippen LogP contribution is 2.35. The van der Waals surface area contributed by atoms with Gasteiger partial charge in [-0.15, -0.1) is 0 Å². The average Bonchev–Trinajstić information content (AvgIpc) is 2.76. The number of halogens is 3. The predicted molar refractivity (Wildman–Crippen MR) is 109 cm³/mol. The molecular formula is C21H17F3N2O4S. The number of carboxylic acid groups (broad SMARTS) is 1. The van der Waals surface area contributed by atoms with Gasteiger partial charge in [0.05, 0.1) is 25.5 Å². The standard InChI is InChI=1S/C21H17F3N2O4S/c1-29-16-8-7-14(9-17(16)30-2)15-10-18(21(22,23)24)26-20(25-15)31-11-12-3-5-13(6-4-12)19(27)28/h3-10H,11H2,1-2H3,(H,27,28). The molecule has 6 nitrogen and oxygen atoms in total. The highest BCUT2D eigenvalue weighted by Gasteiger charge is 2.34. The van der Waals surface area contributed by atoms with Crippen molar-refractivity contribution in [1.82, 2.24) is 9.97 Å². The fourth-order valence-electron chi connectivity index (χ4n) is 2.67. The molecule has 0 radical (unpaired) electrons. The SMILES string of the molecule is COc1ccc(-c2cc(C(F)(F)F)nc(SCc3ccc(C(=O)O)cc3)n2)cc1OC. The zero-order valence-electron chi connectivity index (χ0n) is 16.4. The molecule has 0 spiro atoms. The number of carboxylic acids is 1. The molecule has 3 rings (SSSR count). The Morgan fingerprint density at radius 2 is 1.68 bits per heavy atom. The van der Waals surface area contributed by atoms with Gasteiger partial charge in [0.15, 0.2) is 16.7 Å². The Bertz CT molecular complexity index is 1090. The third kappa shape index (κ3) is 5.46. The number of alkyl halides is 3. The molecule has 1 aromatic heterocycles. The second-order valence-corrected chi connectivity index (χ2v) is 7.22. The van der Waals surface area contributed by atoms with Crippen molar-refractivity contribution in [3.63, 3.8) is 0 Å². The molecule has 0 aliphatic carbocycles. The van der Waals surface area contributed by atoms with E-state index in [1.165, 1.54) is 26.4 Å². The summed E-state index contributed by atoms with van der Waals surface area (Å²) in [7, 11) is 2.89. The Morgan fingerprint density at radius 1 is 1.00 bits per heavy atom. The second kappa shape index (κ2) is 9.25. The van der Waals surface area contributed by atoms with E-state index in [2.05, 4.69) is 9.97 Å². The van der Waals surface area contributed by atoms with Gasteiger partial charge in [-0.3, -0.25) is 0 Å². The summed E-state index contributed by atoms with van der Waals surface area (Å²) in [6.07, 6.45) is -4.65. The average molecular weight is 450 g/mol. The fourth-order valence-corrected chi connectivity index (χ4v) is 3.48. The van der Waals surface area contributed by atoms with Gasteiger partial charge in [-0.2, -0.15) is 13.2 Å². The first kappa shape index (κ1) is 22.4. The van der Waals surface area contributed by atoms with Gasteiger partial charge in [0.1, 0.15) is 5.69 Å². The van der Waals surface area contributed by atoms with Gasteiger partial charge in [0.2, 0.25) is 0 Å². The maximum atomic E-state index is 13.4. The predicted octanol–water partition coefficient (Wildman–Crippen LogP) is 5.17. The van der Waals surface area contributed by atoms with Gasteiger partial charge < -0.3 is 14.6 Å². The normalized spacial score (nSPS) is 11.3. The Labute approximate surface area is 180 Å². The van der Waals surface area contributed by atoms with E-state index in [1.54, 1.807) is 30.3 Å². The Kier molecular flexibility index (Phi) is 6.69. The van der Waals surface area contributed by atoms with Crippen LogP contribution in [0.25, 0.3) is 11.3 Å². The first-order valence-corrected chi connectivity index (χ1v) is 9.83. The van der Waals surface area contributed by atoms with Crippen molar-refractivity contribution < 1.29 is 32.5 Å². The van der Waals surface area contributed by atoms with Gasteiger partial charge in [0, 0.05) is 11.3 Å². The number of benzene rings is 2. The van der Waals surface area contributed by atoms with Crippen molar-refractivity contribution in [1.29, 1.82) is 0 Å². The molecule has 1 N–H and O–H groups in total. The largest absolute Gasteiger partial charge is 0.493 e. The van der Waals surface area contributed by atoms with Crippen molar-refractivity contribution in [2.24, 2.45) is 0 Å². The van der Waals surface area contributed by atoms with Crippen molar-refractivity contribution in [2.45, 2.75) is 17.1 Å². The van der Waals surface area contributed by atoms with Crippen LogP contribution >= 0.6 is 11.8 Å². The highest BCUT2D eigenvalue weighted by atomic mass is 32.2. The van der Waals surface area contributed by atoms with E-state index in [1.807, 2.05) is 0 Å². The molecule has 2 aromatic carbocycles. The number of ether oxygens (including phenoxy) is 2. The van der Waals surface area contributed by atoms with E-state index >= 15 is 0 Å². The molecule has 0 aliphatic heterocycles. The van der Waals surface area contributed by atoms with Crippen LogP contribution in [0.3, 0.4) is 0 Å². The molecule has 3 aromatic rings. The van der Waals surface area contributed by atoms with E-state index in [0.717, 1.165) is 23.4 Å². The molecule has 0 atom stereocenters. The zero-order valence-corrected chi connectivity index (χ0v) is 17.3. The van der Waals surface area contributed by atoms with Gasteiger partial charge in [0.25, 0.3) is 0 Å². The van der Waals surface area contributed by atoms with Crippen LogP contribution in [-0.4, -0.2) is 35.3 Å². The molecular weight excluding hydrogens is 433 g/mol. The third-order valence-corrected chi connectivity index (χ3v) is 5.16.